The lowest BCUT2D eigenvalue weighted by Gasteiger charge is -2.19. The summed E-state index contributed by atoms with van der Waals surface area (Å²) in [5.41, 5.74) is 5.43. The number of hydrazone groups is 1. The fourth-order valence-corrected chi connectivity index (χ4v) is 4.25. The molecular weight excluding hydrogens is 312 g/mol. The van der Waals surface area contributed by atoms with E-state index in [0.29, 0.717) is 12.1 Å². The van der Waals surface area contributed by atoms with Crippen LogP contribution in [0.15, 0.2) is 29.4 Å². The van der Waals surface area contributed by atoms with Crippen LogP contribution >= 0.6 is 0 Å². The predicted molar refractivity (Wildman–Crippen MR) is 92.3 cm³/mol. The molecule has 0 spiro atoms. The zero-order valence-electron chi connectivity index (χ0n) is 14.1. The van der Waals surface area contributed by atoms with Crippen LogP contribution in [0.1, 0.15) is 45.2 Å². The van der Waals surface area contributed by atoms with Crippen molar-refractivity contribution in [2.24, 2.45) is 11.0 Å². The topological polar surface area (TPSA) is 75.6 Å². The molecule has 23 heavy (non-hydrogen) atoms. The van der Waals surface area contributed by atoms with Crippen molar-refractivity contribution in [3.63, 3.8) is 0 Å². The zero-order chi connectivity index (χ0) is 17.3. The molecule has 0 aliphatic carbocycles. The molecule has 1 N–H and O–H groups in total. The normalized spacial score (nSPS) is 21.2. The highest BCUT2D eigenvalue weighted by atomic mass is 32.2. The van der Waals surface area contributed by atoms with Crippen molar-refractivity contribution in [1.29, 1.82) is 0 Å². The summed E-state index contributed by atoms with van der Waals surface area (Å²) < 4.78 is 22.8. The summed E-state index contributed by atoms with van der Waals surface area (Å²) in [6.45, 7) is 8.27. The third-order valence-electron chi connectivity index (χ3n) is 4.11. The average molecular weight is 336 g/mol. The lowest BCUT2D eigenvalue weighted by molar-refractivity contribution is -0.124. The highest BCUT2D eigenvalue weighted by Gasteiger charge is 2.32. The van der Waals surface area contributed by atoms with Crippen molar-refractivity contribution in [3.8, 4) is 0 Å². The number of nitrogens with one attached hydrogen (secondary N) is 1. The molecule has 2 rings (SSSR count). The quantitative estimate of drug-likeness (QED) is 0.679. The fraction of sp³-hybridized carbons (Fsp3) is 0.529. The minimum Gasteiger partial charge on any atom is -0.273 e. The second kappa shape index (κ2) is 6.43. The van der Waals surface area contributed by atoms with E-state index in [2.05, 4.69) is 43.4 Å². The van der Waals surface area contributed by atoms with Gasteiger partial charge in [-0.3, -0.25) is 4.79 Å². The Balaban J connectivity index is 2.01. The van der Waals surface area contributed by atoms with Gasteiger partial charge in [0.2, 0.25) is 5.91 Å². The largest absolute Gasteiger partial charge is 0.273 e. The van der Waals surface area contributed by atoms with E-state index in [1.807, 2.05) is 19.1 Å². The maximum Gasteiger partial charge on any atom is 0.244 e. The average Bonchev–Trinajstić information content (AvgIpc) is 2.84. The van der Waals surface area contributed by atoms with Crippen molar-refractivity contribution in [1.82, 2.24) is 5.43 Å². The van der Waals surface area contributed by atoms with E-state index in [-0.39, 0.29) is 22.8 Å². The first-order chi connectivity index (χ1) is 10.6. The number of nitrogens with zero attached hydrogens (tertiary/aromatic N) is 1. The van der Waals surface area contributed by atoms with E-state index in [4.69, 9.17) is 0 Å². The van der Waals surface area contributed by atoms with Gasteiger partial charge in [0.25, 0.3) is 0 Å². The zero-order valence-corrected chi connectivity index (χ0v) is 14.9. The van der Waals surface area contributed by atoms with Crippen molar-refractivity contribution < 1.29 is 13.2 Å². The van der Waals surface area contributed by atoms with Gasteiger partial charge in [-0.05, 0) is 29.9 Å². The molecule has 1 aliphatic heterocycles. The second-order valence-electron chi connectivity index (χ2n) is 7.10. The van der Waals surface area contributed by atoms with Gasteiger partial charge < -0.3 is 0 Å². The molecule has 0 saturated carbocycles. The molecule has 0 radical (unpaired) electrons. The van der Waals surface area contributed by atoms with Crippen LogP contribution < -0.4 is 5.43 Å². The van der Waals surface area contributed by atoms with Gasteiger partial charge in [-0.25, -0.2) is 13.8 Å². The monoisotopic (exact) mass is 336 g/mol. The molecule has 0 aromatic heterocycles. The SMILES string of the molecule is C/C(=N/NC(=O)[C@H]1CCS(=O)(=O)C1)c1ccc(C(C)(C)C)cc1. The lowest BCUT2D eigenvalue weighted by atomic mass is 9.86. The minimum absolute atomic E-state index is 0.0757. The molecular formula is C17H24N2O3S. The molecule has 1 saturated heterocycles. The van der Waals surface area contributed by atoms with Crippen LogP contribution in [0.4, 0.5) is 0 Å². The van der Waals surface area contributed by atoms with Crippen LogP contribution in [-0.2, 0) is 20.0 Å². The molecule has 1 atom stereocenters. The first-order valence-electron chi connectivity index (χ1n) is 7.74. The predicted octanol–water partition coefficient (Wildman–Crippen LogP) is 2.26. The van der Waals surface area contributed by atoms with Gasteiger partial charge in [-0.2, -0.15) is 5.10 Å². The van der Waals surface area contributed by atoms with Crippen LogP contribution in [0, 0.1) is 5.92 Å². The molecule has 1 heterocycles. The third-order valence-corrected chi connectivity index (χ3v) is 5.87. The Labute approximate surface area is 138 Å². The molecule has 1 fully saturated rings. The summed E-state index contributed by atoms with van der Waals surface area (Å²) >= 11 is 0. The van der Waals surface area contributed by atoms with Gasteiger partial charge in [-0.1, -0.05) is 45.0 Å². The first-order valence-corrected chi connectivity index (χ1v) is 9.56. The summed E-state index contributed by atoms with van der Waals surface area (Å²) in [4.78, 5) is 12.0. The Hall–Kier alpha value is -1.69. The standard InChI is InChI=1S/C17H24N2O3S/c1-12(13-5-7-15(8-6-13)17(2,3)4)18-19-16(20)14-9-10-23(21,22)11-14/h5-8,14H,9-11H2,1-4H3,(H,19,20)/b18-12-/t14-/m0/s1. The van der Waals surface area contributed by atoms with Gasteiger partial charge >= 0.3 is 0 Å². The smallest absolute Gasteiger partial charge is 0.244 e. The number of carbonyl (C=O) groups is 1. The minimum atomic E-state index is -3.06. The van der Waals surface area contributed by atoms with E-state index < -0.39 is 15.8 Å². The Morgan fingerprint density at radius 3 is 2.30 bits per heavy atom. The van der Waals surface area contributed by atoms with E-state index in [1.54, 1.807) is 0 Å². The third kappa shape index (κ3) is 4.64. The molecule has 126 valence electrons. The van der Waals surface area contributed by atoms with Gasteiger partial charge in [0.1, 0.15) is 0 Å². The van der Waals surface area contributed by atoms with Crippen molar-refractivity contribution in [3.05, 3.63) is 35.4 Å². The van der Waals surface area contributed by atoms with Gasteiger partial charge in [-0.15, -0.1) is 0 Å². The van der Waals surface area contributed by atoms with Crippen LogP contribution in [0.5, 0.6) is 0 Å². The maximum atomic E-state index is 12.0. The number of carbonyl (C=O) groups excluding carboxylic acids is 1. The van der Waals surface area contributed by atoms with Crippen molar-refractivity contribution in [2.75, 3.05) is 11.5 Å². The second-order valence-corrected chi connectivity index (χ2v) is 9.33. The first kappa shape index (κ1) is 17.7. The van der Waals surface area contributed by atoms with Gasteiger partial charge in [0, 0.05) is 0 Å². The van der Waals surface area contributed by atoms with Crippen molar-refractivity contribution in [2.45, 2.75) is 39.5 Å². The Kier molecular flexibility index (Phi) is 4.94. The molecule has 1 aromatic rings. The number of hydrogen-bond acceptors (Lipinski definition) is 4. The summed E-state index contributed by atoms with van der Waals surface area (Å²) in [7, 11) is -3.06. The van der Waals surface area contributed by atoms with Gasteiger partial charge in [0.15, 0.2) is 9.84 Å². The summed E-state index contributed by atoms with van der Waals surface area (Å²) in [6.07, 6.45) is 0.378. The van der Waals surface area contributed by atoms with Crippen LogP contribution in [-0.4, -0.2) is 31.5 Å². The fourth-order valence-electron chi connectivity index (χ4n) is 2.51. The van der Waals surface area contributed by atoms with E-state index in [0.717, 1.165) is 5.56 Å². The van der Waals surface area contributed by atoms with Crippen LogP contribution in [0.25, 0.3) is 0 Å². The van der Waals surface area contributed by atoms with E-state index >= 15 is 0 Å². The molecule has 1 aromatic carbocycles. The number of amides is 1. The maximum absolute atomic E-state index is 12.0. The highest BCUT2D eigenvalue weighted by Crippen LogP contribution is 2.22. The summed E-state index contributed by atoms with van der Waals surface area (Å²) in [6, 6.07) is 8.07. The lowest BCUT2D eigenvalue weighted by Crippen LogP contribution is -2.28. The van der Waals surface area contributed by atoms with E-state index in [9.17, 15) is 13.2 Å². The molecule has 1 aliphatic rings. The number of rotatable bonds is 3. The molecule has 0 bridgehead atoms. The summed E-state index contributed by atoms with van der Waals surface area (Å²) in [5, 5.41) is 4.10. The Bertz CT molecular complexity index is 713. The highest BCUT2D eigenvalue weighted by molar-refractivity contribution is 7.91. The molecule has 5 nitrogen and oxygen atoms in total. The van der Waals surface area contributed by atoms with Gasteiger partial charge in [0.05, 0.1) is 23.1 Å². The summed E-state index contributed by atoms with van der Waals surface area (Å²) in [5.74, 6) is -0.799. The molecule has 6 heteroatoms. The Morgan fingerprint density at radius 2 is 1.83 bits per heavy atom. The van der Waals surface area contributed by atoms with Crippen LogP contribution in [0.3, 0.4) is 0 Å². The number of sulfone groups is 1. The molecule has 1 amide bonds. The van der Waals surface area contributed by atoms with Crippen LogP contribution in [0.2, 0.25) is 0 Å². The molecule has 0 unspecified atom stereocenters. The number of benzene rings is 1. The number of hydrogen-bond donors (Lipinski definition) is 1. The van der Waals surface area contributed by atoms with E-state index in [1.165, 1.54) is 5.56 Å². The Morgan fingerprint density at radius 1 is 1.22 bits per heavy atom. The van der Waals surface area contributed by atoms with Crippen molar-refractivity contribution >= 4 is 21.5 Å².